The van der Waals surface area contributed by atoms with E-state index in [9.17, 15) is 32.0 Å². The normalized spacial score (nSPS) is 28.7. The monoisotopic (exact) mass is 526 g/mol. The third-order valence-electron chi connectivity index (χ3n) is 6.36. The number of nitriles is 1. The molecular weight excluding hydrogens is 501 g/mol. The summed E-state index contributed by atoms with van der Waals surface area (Å²) in [6.07, 6.45) is -1.88. The number of halogens is 3. The number of nitrogens with zero attached hydrogens (tertiary/aromatic N) is 5. The van der Waals surface area contributed by atoms with Crippen LogP contribution < -0.4 is 10.1 Å². The topological polar surface area (TPSA) is 141 Å². The Morgan fingerprint density at radius 3 is 2.75 bits per heavy atom. The van der Waals surface area contributed by atoms with Crippen molar-refractivity contribution in [1.82, 2.24) is 19.3 Å². The van der Waals surface area contributed by atoms with E-state index in [1.807, 2.05) is 6.07 Å². The molecule has 2 aromatic heterocycles. The van der Waals surface area contributed by atoms with E-state index in [4.69, 9.17) is 4.74 Å². The average Bonchev–Trinajstić information content (AvgIpc) is 2.84. The number of aliphatic hydroxyl groups is 1. The lowest BCUT2D eigenvalue weighted by atomic mass is 9.81. The maximum atomic E-state index is 15.0. The zero-order chi connectivity index (χ0) is 26.1. The minimum absolute atomic E-state index is 0.0106. The lowest BCUT2D eigenvalue weighted by molar-refractivity contribution is -0.155. The van der Waals surface area contributed by atoms with E-state index in [1.165, 1.54) is 25.3 Å². The Balaban J connectivity index is 1.47. The summed E-state index contributed by atoms with van der Waals surface area (Å²) in [6.45, 7) is 0.965. The van der Waals surface area contributed by atoms with Crippen LogP contribution in [0.5, 0.6) is 5.88 Å². The third kappa shape index (κ3) is 5.53. The quantitative estimate of drug-likeness (QED) is 0.580. The molecule has 10 nitrogen and oxygen atoms in total. The van der Waals surface area contributed by atoms with Gasteiger partial charge in [-0.05, 0) is 31.9 Å². The molecule has 3 heterocycles. The van der Waals surface area contributed by atoms with Crippen molar-refractivity contribution in [2.24, 2.45) is 0 Å². The van der Waals surface area contributed by atoms with Crippen LogP contribution in [0, 0.1) is 11.3 Å². The van der Waals surface area contributed by atoms with Crippen molar-refractivity contribution in [2.75, 3.05) is 18.4 Å². The minimum atomic E-state index is -3.96. The summed E-state index contributed by atoms with van der Waals surface area (Å²) in [7, 11) is -3.96. The molecular formula is C22H25F3N6O4S. The van der Waals surface area contributed by atoms with Crippen molar-refractivity contribution in [3.05, 3.63) is 36.2 Å². The number of piperidine rings is 1. The Kier molecular flexibility index (Phi) is 7.09. The molecule has 2 aliphatic rings. The van der Waals surface area contributed by atoms with Gasteiger partial charge in [-0.15, -0.1) is 0 Å². The van der Waals surface area contributed by atoms with E-state index >= 15 is 0 Å². The summed E-state index contributed by atoms with van der Waals surface area (Å²) in [4.78, 5) is 11.9. The Morgan fingerprint density at radius 2 is 2.08 bits per heavy atom. The van der Waals surface area contributed by atoms with Crippen molar-refractivity contribution in [3.8, 4) is 11.9 Å². The van der Waals surface area contributed by atoms with Crippen molar-refractivity contribution >= 4 is 16.0 Å². The lowest BCUT2D eigenvalue weighted by Crippen LogP contribution is -2.51. The number of rotatable bonds is 6. The molecule has 194 valence electrons. The second kappa shape index (κ2) is 9.79. The van der Waals surface area contributed by atoms with Gasteiger partial charge in [0, 0.05) is 25.7 Å². The molecule has 4 rings (SSSR count). The van der Waals surface area contributed by atoms with Gasteiger partial charge in [0.2, 0.25) is 11.8 Å². The number of hydrogen-bond donors (Lipinski definition) is 2. The molecule has 0 radical (unpaired) electrons. The van der Waals surface area contributed by atoms with E-state index in [-0.39, 0.29) is 41.8 Å². The van der Waals surface area contributed by atoms with Gasteiger partial charge in [-0.1, -0.05) is 6.07 Å². The number of anilines is 1. The highest BCUT2D eigenvalue weighted by atomic mass is 32.2. The first-order valence-corrected chi connectivity index (χ1v) is 12.7. The minimum Gasteiger partial charge on any atom is -0.470 e. The van der Waals surface area contributed by atoms with Crippen LogP contribution in [0.15, 0.2) is 35.6 Å². The van der Waals surface area contributed by atoms with Crippen LogP contribution in [-0.2, 0) is 10.0 Å². The standard InChI is InChI=1S/C22H25F3N6O4S/c1-21(32)6-7-22(24,25)10-17(21)35-19-14(11-26)12-28-20(30-19)29-16-5-9-31(13-15(16)23)36(33,34)18-4-2-3-8-27-18/h2-4,8,12,15-17,32H,5-7,9-10,13H2,1H3,(H,28,29,30)/t15-,16-,17-,21+/m0/s1. The molecule has 0 amide bonds. The van der Waals surface area contributed by atoms with Gasteiger partial charge >= 0.3 is 0 Å². The predicted octanol–water partition coefficient (Wildman–Crippen LogP) is 2.27. The molecule has 2 fully saturated rings. The number of pyridine rings is 1. The third-order valence-corrected chi connectivity index (χ3v) is 8.14. The summed E-state index contributed by atoms with van der Waals surface area (Å²) >= 11 is 0. The molecule has 0 spiro atoms. The van der Waals surface area contributed by atoms with Gasteiger partial charge < -0.3 is 15.2 Å². The summed E-state index contributed by atoms with van der Waals surface area (Å²) < 4.78 is 74.9. The highest BCUT2D eigenvalue weighted by molar-refractivity contribution is 7.89. The number of sulfonamides is 1. The van der Waals surface area contributed by atoms with Crippen molar-refractivity contribution in [1.29, 1.82) is 5.26 Å². The van der Waals surface area contributed by atoms with E-state index < -0.39 is 59.3 Å². The summed E-state index contributed by atoms with van der Waals surface area (Å²) in [5.41, 5.74) is -1.71. The number of nitrogens with one attached hydrogen (secondary N) is 1. The van der Waals surface area contributed by atoms with Gasteiger partial charge in [-0.25, -0.2) is 31.6 Å². The van der Waals surface area contributed by atoms with Crippen LogP contribution in [0.4, 0.5) is 19.1 Å². The SMILES string of the molecule is C[C@@]1(O)CCC(F)(F)C[C@@H]1Oc1nc(N[C@H]2CCN(S(=O)(=O)c3ccccn3)C[C@@H]2F)ncc1C#N. The molecule has 0 unspecified atom stereocenters. The molecule has 0 aromatic carbocycles. The first-order chi connectivity index (χ1) is 16.9. The molecule has 14 heteroatoms. The van der Waals surface area contributed by atoms with E-state index in [0.717, 1.165) is 10.5 Å². The van der Waals surface area contributed by atoms with Gasteiger partial charge in [-0.3, -0.25) is 0 Å². The van der Waals surface area contributed by atoms with Gasteiger partial charge in [0.15, 0.2) is 5.03 Å². The molecule has 1 saturated heterocycles. The first kappa shape index (κ1) is 26.1. The van der Waals surface area contributed by atoms with Gasteiger partial charge in [-0.2, -0.15) is 14.6 Å². The Hall–Kier alpha value is -3.02. The second-order valence-electron chi connectivity index (χ2n) is 9.13. The highest BCUT2D eigenvalue weighted by Crippen LogP contribution is 2.40. The first-order valence-electron chi connectivity index (χ1n) is 11.3. The fraction of sp³-hybridized carbons (Fsp3) is 0.545. The van der Waals surface area contributed by atoms with E-state index in [1.54, 1.807) is 6.07 Å². The van der Waals surface area contributed by atoms with Crippen LogP contribution in [0.25, 0.3) is 0 Å². The van der Waals surface area contributed by atoms with Gasteiger partial charge in [0.25, 0.3) is 15.9 Å². The summed E-state index contributed by atoms with van der Waals surface area (Å²) in [5, 5.41) is 22.5. The van der Waals surface area contributed by atoms with Crippen LogP contribution in [-0.4, -0.2) is 75.7 Å². The van der Waals surface area contributed by atoms with Crippen LogP contribution in [0.1, 0.15) is 38.2 Å². The number of aromatic nitrogens is 3. The van der Waals surface area contributed by atoms with Crippen molar-refractivity contribution in [3.63, 3.8) is 0 Å². The fourth-order valence-electron chi connectivity index (χ4n) is 4.15. The van der Waals surface area contributed by atoms with E-state index in [0.29, 0.717) is 0 Å². The Morgan fingerprint density at radius 1 is 1.31 bits per heavy atom. The zero-order valence-electron chi connectivity index (χ0n) is 19.3. The Bertz CT molecular complexity index is 1240. The molecule has 4 atom stereocenters. The molecule has 1 aliphatic carbocycles. The summed E-state index contributed by atoms with van der Waals surface area (Å²) in [6, 6.07) is 5.38. The average molecular weight is 527 g/mol. The second-order valence-corrected chi connectivity index (χ2v) is 11.0. The van der Waals surface area contributed by atoms with Gasteiger partial charge in [0.05, 0.1) is 24.3 Å². The van der Waals surface area contributed by atoms with Crippen molar-refractivity contribution < 1.29 is 31.4 Å². The predicted molar refractivity (Wildman–Crippen MR) is 121 cm³/mol. The van der Waals surface area contributed by atoms with Gasteiger partial charge in [0.1, 0.15) is 23.9 Å². The summed E-state index contributed by atoms with van der Waals surface area (Å²) in [5.74, 6) is -3.48. The molecule has 2 N–H and O–H groups in total. The molecule has 2 aromatic rings. The van der Waals surface area contributed by atoms with Crippen LogP contribution in [0.3, 0.4) is 0 Å². The number of hydrogen-bond acceptors (Lipinski definition) is 9. The largest absolute Gasteiger partial charge is 0.470 e. The van der Waals surface area contributed by atoms with Crippen molar-refractivity contribution in [2.45, 2.75) is 67.5 Å². The Labute approximate surface area is 206 Å². The zero-order valence-corrected chi connectivity index (χ0v) is 20.1. The molecule has 1 aliphatic heterocycles. The lowest BCUT2D eigenvalue weighted by Gasteiger charge is -2.40. The smallest absolute Gasteiger partial charge is 0.260 e. The number of alkyl halides is 3. The van der Waals surface area contributed by atoms with E-state index in [2.05, 4.69) is 20.3 Å². The van der Waals surface area contributed by atoms with Crippen LogP contribution >= 0.6 is 0 Å². The maximum absolute atomic E-state index is 15.0. The molecule has 36 heavy (non-hydrogen) atoms. The fourth-order valence-corrected chi connectivity index (χ4v) is 5.54. The van der Waals surface area contributed by atoms with Crippen LogP contribution in [0.2, 0.25) is 0 Å². The number of ether oxygens (including phenoxy) is 1. The molecule has 0 bridgehead atoms. The maximum Gasteiger partial charge on any atom is 0.260 e. The molecule has 1 saturated carbocycles. The highest BCUT2D eigenvalue weighted by Gasteiger charge is 2.49.